The van der Waals surface area contributed by atoms with Gasteiger partial charge >= 0.3 is 18.4 Å². The van der Waals surface area contributed by atoms with E-state index in [0.29, 0.717) is 107 Å². The highest BCUT2D eigenvalue weighted by Gasteiger charge is 2.40. The van der Waals surface area contributed by atoms with Gasteiger partial charge in [0, 0.05) is 57.6 Å². The summed E-state index contributed by atoms with van der Waals surface area (Å²) < 4.78 is 87.5. The van der Waals surface area contributed by atoms with Crippen molar-refractivity contribution in [3.63, 3.8) is 0 Å². The molecule has 1 atom stereocenters. The Bertz CT molecular complexity index is 2320. The number of hydrogen-bond donors (Lipinski definition) is 1. The van der Waals surface area contributed by atoms with E-state index in [9.17, 15) is 27.6 Å². The van der Waals surface area contributed by atoms with Gasteiger partial charge in [-0.15, -0.1) is 0 Å². The number of carbonyl (C=O) groups excluding carboxylic acids is 3. The number of nitrogens with zero attached hydrogens (tertiary/aromatic N) is 6. The normalized spacial score (nSPS) is 13.9. The number of piperazine rings is 1. The van der Waals surface area contributed by atoms with E-state index >= 15 is 0 Å². The SMILES string of the molecule is CCOc1ccc(C(=O)N2CCN(c3ccc(-c4cccnc4OCC)nc3CN(CCCOCCOCCOCCOCCNC(=O)OC(C)(C)C)C(=O)OCc3ccccc3)[C@H](CC)C2)c(C(F)(F)F)n1. The Morgan fingerprint density at radius 3 is 2.12 bits per heavy atom. The number of amides is 3. The molecule has 3 aromatic heterocycles. The van der Waals surface area contributed by atoms with Gasteiger partial charge in [-0.25, -0.2) is 24.5 Å². The smallest absolute Gasteiger partial charge is 0.434 e. The summed E-state index contributed by atoms with van der Waals surface area (Å²) in [6, 6.07) is 18.8. The molecule has 1 aliphatic rings. The number of benzene rings is 1. The van der Waals surface area contributed by atoms with Gasteiger partial charge in [0.15, 0.2) is 5.69 Å². The third-order valence-electron chi connectivity index (χ3n) is 11.0. The summed E-state index contributed by atoms with van der Waals surface area (Å²) in [6.45, 7) is 15.1. The van der Waals surface area contributed by atoms with E-state index in [0.717, 1.165) is 11.6 Å². The van der Waals surface area contributed by atoms with E-state index in [4.69, 9.17) is 42.9 Å². The molecule has 400 valence electrons. The number of nitrogens with one attached hydrogen (secondary N) is 1. The van der Waals surface area contributed by atoms with Crippen LogP contribution in [0.25, 0.3) is 11.3 Å². The second-order valence-corrected chi connectivity index (χ2v) is 17.6. The predicted octanol–water partition coefficient (Wildman–Crippen LogP) is 8.22. The lowest BCUT2D eigenvalue weighted by molar-refractivity contribution is -0.141. The fourth-order valence-electron chi connectivity index (χ4n) is 7.68. The molecule has 0 unspecified atom stereocenters. The van der Waals surface area contributed by atoms with Gasteiger partial charge < -0.3 is 57.9 Å². The number of alkyl halides is 3. The first kappa shape index (κ1) is 57.6. The van der Waals surface area contributed by atoms with E-state index in [1.165, 1.54) is 11.0 Å². The van der Waals surface area contributed by atoms with Crippen LogP contribution in [0.4, 0.5) is 28.4 Å². The number of anilines is 1. The number of alkyl carbamates (subject to hydrolysis) is 1. The molecule has 0 aliphatic carbocycles. The van der Waals surface area contributed by atoms with E-state index in [1.54, 1.807) is 44.9 Å². The fourth-order valence-corrected chi connectivity index (χ4v) is 7.68. The highest BCUT2D eigenvalue weighted by molar-refractivity contribution is 5.95. The summed E-state index contributed by atoms with van der Waals surface area (Å²) >= 11 is 0. The van der Waals surface area contributed by atoms with Gasteiger partial charge in [0.05, 0.1) is 94.2 Å². The quantitative estimate of drug-likeness (QED) is 0.0536. The van der Waals surface area contributed by atoms with Gasteiger partial charge in [0.25, 0.3) is 5.91 Å². The summed E-state index contributed by atoms with van der Waals surface area (Å²) in [5.74, 6) is -0.618. The van der Waals surface area contributed by atoms with Crippen molar-refractivity contribution in [2.45, 2.75) is 85.4 Å². The summed E-state index contributed by atoms with van der Waals surface area (Å²) in [5, 5.41) is 2.63. The third kappa shape index (κ3) is 18.9. The van der Waals surface area contributed by atoms with Crippen LogP contribution in [-0.2, 0) is 47.7 Å². The molecule has 1 N–H and O–H groups in total. The minimum Gasteiger partial charge on any atom is -0.478 e. The Morgan fingerprint density at radius 1 is 0.781 bits per heavy atom. The van der Waals surface area contributed by atoms with Gasteiger partial charge in [-0.1, -0.05) is 37.3 Å². The Labute approximate surface area is 425 Å². The summed E-state index contributed by atoms with van der Waals surface area (Å²) in [4.78, 5) is 58.0. The Morgan fingerprint density at radius 2 is 1.47 bits per heavy atom. The second-order valence-electron chi connectivity index (χ2n) is 17.6. The Kier molecular flexibility index (Phi) is 23.2. The van der Waals surface area contributed by atoms with E-state index in [-0.39, 0.29) is 57.9 Å². The maximum atomic E-state index is 14.3. The minimum absolute atomic E-state index is 0.0144. The molecule has 1 fully saturated rings. The van der Waals surface area contributed by atoms with Gasteiger partial charge in [0.2, 0.25) is 11.8 Å². The molecule has 18 nitrogen and oxygen atoms in total. The first-order valence-electron chi connectivity index (χ1n) is 24.7. The molecular formula is C52H70F3N7O11. The highest BCUT2D eigenvalue weighted by Crippen LogP contribution is 2.35. The molecule has 0 saturated carbocycles. The van der Waals surface area contributed by atoms with Crippen molar-refractivity contribution in [3.8, 4) is 23.0 Å². The lowest BCUT2D eigenvalue weighted by Gasteiger charge is -2.43. The number of ether oxygens (including phenoxy) is 8. The lowest BCUT2D eigenvalue weighted by Crippen LogP contribution is -2.55. The number of hydrogen-bond acceptors (Lipinski definition) is 15. The average molecular weight is 1030 g/mol. The van der Waals surface area contributed by atoms with Gasteiger partial charge in [-0.05, 0) is 83.4 Å². The number of halogens is 3. The van der Waals surface area contributed by atoms with Gasteiger partial charge in [0.1, 0.15) is 12.2 Å². The predicted molar refractivity (Wildman–Crippen MR) is 266 cm³/mol. The van der Waals surface area contributed by atoms with E-state index < -0.39 is 41.1 Å². The monoisotopic (exact) mass is 1030 g/mol. The zero-order chi connectivity index (χ0) is 52.6. The fraction of sp³-hybridized carbons (Fsp3) is 0.538. The zero-order valence-corrected chi connectivity index (χ0v) is 42.7. The van der Waals surface area contributed by atoms with E-state index in [2.05, 4.69) is 20.2 Å². The molecule has 1 saturated heterocycles. The molecule has 1 aromatic carbocycles. The van der Waals surface area contributed by atoms with Crippen LogP contribution in [0.15, 0.2) is 72.9 Å². The molecule has 1 aliphatic heterocycles. The van der Waals surface area contributed by atoms with Crippen LogP contribution in [0, 0.1) is 0 Å². The lowest BCUT2D eigenvalue weighted by atomic mass is 10.0. The highest BCUT2D eigenvalue weighted by atomic mass is 19.4. The van der Waals surface area contributed by atoms with Crippen LogP contribution in [0.5, 0.6) is 11.8 Å². The van der Waals surface area contributed by atoms with Crippen molar-refractivity contribution in [1.29, 1.82) is 0 Å². The molecule has 0 spiro atoms. The van der Waals surface area contributed by atoms with E-state index in [1.807, 2.05) is 62.4 Å². The van der Waals surface area contributed by atoms with Crippen molar-refractivity contribution in [3.05, 3.63) is 95.4 Å². The molecule has 5 rings (SSSR count). The third-order valence-corrected chi connectivity index (χ3v) is 11.0. The topological polar surface area (TPSA) is 185 Å². The summed E-state index contributed by atoms with van der Waals surface area (Å²) in [6.07, 6.45) is -3.36. The Hall–Kier alpha value is -6.29. The minimum atomic E-state index is -4.89. The molecule has 73 heavy (non-hydrogen) atoms. The largest absolute Gasteiger partial charge is 0.478 e. The van der Waals surface area contributed by atoms with Crippen LogP contribution in [-0.4, -0.2) is 153 Å². The standard InChI is InChI=1S/C52H70F3N7O11/c1-7-39-35-60(48(63)41-18-21-45(70-8-2)59-46(41)52(53,54)55)25-26-62(39)44-20-19-42(40-17-13-22-56-47(40)71-9-3)58-43(44)36-61(50(65)72-37-38-15-11-10-12-16-38)24-14-27-66-29-31-68-33-34-69-32-30-67-28-23-57-49(64)73-51(4,5)6/h10-13,15-22,39H,7-9,14,23-37H2,1-6H3,(H,57,64)/t39-/m1/s1. The molecule has 0 radical (unpaired) electrons. The van der Waals surface area contributed by atoms with Crippen LogP contribution < -0.4 is 19.7 Å². The summed E-state index contributed by atoms with van der Waals surface area (Å²) in [7, 11) is 0. The molecule has 0 bridgehead atoms. The molecular weight excluding hydrogens is 956 g/mol. The summed E-state index contributed by atoms with van der Waals surface area (Å²) in [5.41, 5.74) is 0.775. The van der Waals surface area contributed by atoms with Crippen molar-refractivity contribution in [2.75, 3.05) is 104 Å². The maximum absolute atomic E-state index is 14.3. The van der Waals surface area contributed by atoms with Crippen molar-refractivity contribution in [1.82, 2.24) is 30.1 Å². The maximum Gasteiger partial charge on any atom is 0.434 e. The van der Waals surface area contributed by atoms with Gasteiger partial charge in [-0.3, -0.25) is 4.79 Å². The van der Waals surface area contributed by atoms with Crippen molar-refractivity contribution >= 4 is 23.8 Å². The van der Waals surface area contributed by atoms with Crippen molar-refractivity contribution in [2.24, 2.45) is 0 Å². The average Bonchev–Trinajstić information content (AvgIpc) is 3.37. The zero-order valence-electron chi connectivity index (χ0n) is 42.7. The number of carbonyl (C=O) groups is 3. The van der Waals surface area contributed by atoms with Gasteiger partial charge in [-0.2, -0.15) is 13.2 Å². The first-order chi connectivity index (χ1) is 35.1. The number of rotatable bonds is 28. The molecule has 21 heteroatoms. The van der Waals surface area contributed by atoms with Crippen LogP contribution in [0.1, 0.15) is 81.7 Å². The molecule has 4 heterocycles. The molecule has 3 amide bonds. The number of pyridine rings is 3. The van der Waals surface area contributed by atoms with Crippen LogP contribution in [0.2, 0.25) is 0 Å². The Balaban J connectivity index is 1.24. The van der Waals surface area contributed by atoms with Crippen LogP contribution >= 0.6 is 0 Å². The van der Waals surface area contributed by atoms with Crippen LogP contribution in [0.3, 0.4) is 0 Å². The molecule has 4 aromatic rings. The second kappa shape index (κ2) is 29.4. The first-order valence-corrected chi connectivity index (χ1v) is 24.7. The number of aromatic nitrogens is 3. The van der Waals surface area contributed by atoms with Crippen molar-refractivity contribution < 1.29 is 65.4 Å².